The van der Waals surface area contributed by atoms with Crippen molar-refractivity contribution in [2.24, 2.45) is 0 Å². The Labute approximate surface area is 140 Å². The molecule has 2 aromatic carbocycles. The zero-order valence-electron chi connectivity index (χ0n) is 12.2. The summed E-state index contributed by atoms with van der Waals surface area (Å²) in [5, 5.41) is 21.2. The number of amides is 1. The zero-order chi connectivity index (χ0) is 18.6. The Morgan fingerprint density at radius 3 is 2.12 bits per heavy atom. The quantitative estimate of drug-likeness (QED) is 0.620. The number of nitrogens with zero attached hydrogens (tertiary/aromatic N) is 2. The molecule has 130 valence electrons. The van der Waals surface area contributed by atoms with Crippen LogP contribution < -0.4 is 9.46 Å². The predicted molar refractivity (Wildman–Crippen MR) is 82.5 cm³/mol. The molecule has 0 aliphatic carbocycles. The SMILES string of the molecule is O=C(NS(=O)(=O)c1ccc([N+](=O)[O-])cc1)Oc1cccc([N+](=O)[O-])c1. The van der Waals surface area contributed by atoms with Crippen LogP contribution in [-0.2, 0) is 10.0 Å². The van der Waals surface area contributed by atoms with Gasteiger partial charge in [-0.1, -0.05) is 6.07 Å². The fourth-order valence-corrected chi connectivity index (χ4v) is 2.58. The molecule has 0 saturated carbocycles. The molecule has 0 aromatic heterocycles. The molecule has 0 heterocycles. The predicted octanol–water partition coefficient (Wildman–Crippen LogP) is 1.98. The van der Waals surface area contributed by atoms with E-state index in [2.05, 4.69) is 4.74 Å². The van der Waals surface area contributed by atoms with E-state index in [9.17, 15) is 33.4 Å². The summed E-state index contributed by atoms with van der Waals surface area (Å²) >= 11 is 0. The van der Waals surface area contributed by atoms with Gasteiger partial charge in [0, 0.05) is 18.2 Å². The van der Waals surface area contributed by atoms with Crippen molar-refractivity contribution in [1.29, 1.82) is 0 Å². The minimum absolute atomic E-state index is 0.231. The summed E-state index contributed by atoms with van der Waals surface area (Å²) in [7, 11) is -4.33. The van der Waals surface area contributed by atoms with Crippen LogP contribution in [0, 0.1) is 20.2 Å². The first-order valence-corrected chi connectivity index (χ1v) is 7.91. The molecule has 2 rings (SSSR count). The molecular weight excluding hydrogens is 358 g/mol. The number of ether oxygens (including phenoxy) is 1. The molecule has 11 nitrogen and oxygen atoms in total. The average molecular weight is 367 g/mol. The van der Waals surface area contributed by atoms with Gasteiger partial charge in [-0.2, -0.15) is 0 Å². The second-order valence-electron chi connectivity index (χ2n) is 4.50. The number of nitrogens with one attached hydrogen (secondary N) is 1. The minimum atomic E-state index is -4.33. The van der Waals surface area contributed by atoms with Crippen LogP contribution >= 0.6 is 0 Å². The maximum Gasteiger partial charge on any atom is 0.426 e. The number of carbonyl (C=O) groups excluding carboxylic acids is 1. The van der Waals surface area contributed by atoms with E-state index >= 15 is 0 Å². The Morgan fingerprint density at radius 2 is 1.56 bits per heavy atom. The Hall–Kier alpha value is -3.54. The number of carbonyl (C=O) groups is 1. The van der Waals surface area contributed by atoms with Crippen molar-refractivity contribution in [1.82, 2.24) is 4.72 Å². The molecule has 0 atom stereocenters. The molecular formula is C13H9N3O8S. The number of benzene rings is 2. The van der Waals surface area contributed by atoms with Gasteiger partial charge in [0.05, 0.1) is 20.8 Å². The van der Waals surface area contributed by atoms with Gasteiger partial charge in [0.15, 0.2) is 0 Å². The molecule has 25 heavy (non-hydrogen) atoms. The van der Waals surface area contributed by atoms with Crippen LogP contribution in [0.5, 0.6) is 5.75 Å². The third-order valence-corrected chi connectivity index (χ3v) is 4.14. The van der Waals surface area contributed by atoms with Gasteiger partial charge in [-0.3, -0.25) is 20.2 Å². The fourth-order valence-electron chi connectivity index (χ4n) is 1.70. The summed E-state index contributed by atoms with van der Waals surface area (Å²) in [4.78, 5) is 31.0. The molecule has 0 aliphatic heterocycles. The molecule has 0 saturated heterocycles. The molecule has 0 radical (unpaired) electrons. The summed E-state index contributed by atoms with van der Waals surface area (Å²) in [5.74, 6) is -0.231. The molecule has 0 spiro atoms. The highest BCUT2D eigenvalue weighted by Crippen LogP contribution is 2.20. The van der Waals surface area contributed by atoms with Crippen LogP contribution in [0.15, 0.2) is 53.4 Å². The van der Waals surface area contributed by atoms with Gasteiger partial charge in [-0.25, -0.2) is 17.9 Å². The van der Waals surface area contributed by atoms with Crippen molar-refractivity contribution < 1.29 is 27.8 Å². The first kappa shape index (κ1) is 17.8. The molecule has 0 unspecified atom stereocenters. The summed E-state index contributed by atoms with van der Waals surface area (Å²) in [6, 6.07) is 8.40. The van der Waals surface area contributed by atoms with Crippen molar-refractivity contribution in [3.05, 3.63) is 68.8 Å². The number of non-ortho nitro benzene ring substituents is 2. The molecule has 0 aliphatic rings. The number of rotatable bonds is 5. The van der Waals surface area contributed by atoms with Crippen LogP contribution in [0.25, 0.3) is 0 Å². The monoisotopic (exact) mass is 367 g/mol. The Bertz CT molecular complexity index is 940. The maximum absolute atomic E-state index is 12.0. The van der Waals surface area contributed by atoms with Gasteiger partial charge in [-0.15, -0.1) is 0 Å². The lowest BCUT2D eigenvalue weighted by Crippen LogP contribution is -2.33. The van der Waals surface area contributed by atoms with Crippen LogP contribution in [-0.4, -0.2) is 24.4 Å². The third kappa shape index (κ3) is 4.48. The number of nitro groups is 2. The molecule has 0 bridgehead atoms. The van der Waals surface area contributed by atoms with E-state index in [0.29, 0.717) is 0 Å². The van der Waals surface area contributed by atoms with Crippen LogP contribution in [0.1, 0.15) is 0 Å². The molecule has 1 N–H and O–H groups in total. The van der Waals surface area contributed by atoms with Crippen LogP contribution in [0.4, 0.5) is 16.2 Å². The lowest BCUT2D eigenvalue weighted by atomic mass is 10.3. The van der Waals surface area contributed by atoms with E-state index < -0.39 is 30.9 Å². The van der Waals surface area contributed by atoms with Crippen molar-refractivity contribution >= 4 is 27.5 Å². The molecule has 0 fully saturated rings. The number of hydrogen-bond donors (Lipinski definition) is 1. The summed E-state index contributed by atoms with van der Waals surface area (Å²) in [5.41, 5.74) is -0.665. The largest absolute Gasteiger partial charge is 0.426 e. The lowest BCUT2D eigenvalue weighted by molar-refractivity contribution is -0.385. The Morgan fingerprint density at radius 1 is 0.960 bits per heavy atom. The normalized spacial score (nSPS) is 10.7. The second kappa shape index (κ2) is 6.92. The van der Waals surface area contributed by atoms with Crippen molar-refractivity contribution in [2.75, 3.05) is 0 Å². The van der Waals surface area contributed by atoms with Crippen molar-refractivity contribution in [3.63, 3.8) is 0 Å². The van der Waals surface area contributed by atoms with Crippen molar-refractivity contribution in [2.45, 2.75) is 4.90 Å². The summed E-state index contributed by atoms with van der Waals surface area (Å²) in [6.45, 7) is 0. The lowest BCUT2D eigenvalue weighted by Gasteiger charge is -2.07. The van der Waals surface area contributed by atoms with Crippen LogP contribution in [0.2, 0.25) is 0 Å². The van der Waals surface area contributed by atoms with Gasteiger partial charge in [-0.05, 0) is 18.2 Å². The van der Waals surface area contributed by atoms with E-state index in [1.165, 1.54) is 18.2 Å². The minimum Gasteiger partial charge on any atom is -0.409 e. The maximum atomic E-state index is 12.0. The summed E-state index contributed by atoms with van der Waals surface area (Å²) < 4.78 is 30.3. The van der Waals surface area contributed by atoms with Gasteiger partial charge >= 0.3 is 6.09 Å². The first-order valence-electron chi connectivity index (χ1n) is 6.42. The van der Waals surface area contributed by atoms with E-state index in [1.54, 1.807) is 4.72 Å². The van der Waals surface area contributed by atoms with Gasteiger partial charge in [0.1, 0.15) is 5.75 Å². The van der Waals surface area contributed by atoms with Crippen molar-refractivity contribution in [3.8, 4) is 5.75 Å². The Balaban J connectivity index is 2.12. The summed E-state index contributed by atoms with van der Waals surface area (Å²) in [6.07, 6.45) is -1.39. The van der Waals surface area contributed by atoms with E-state index in [4.69, 9.17) is 0 Å². The van der Waals surface area contributed by atoms with Crippen LogP contribution in [0.3, 0.4) is 0 Å². The topological polar surface area (TPSA) is 159 Å². The van der Waals surface area contributed by atoms with E-state index in [1.807, 2.05) is 0 Å². The highest BCUT2D eigenvalue weighted by atomic mass is 32.2. The second-order valence-corrected chi connectivity index (χ2v) is 6.18. The smallest absolute Gasteiger partial charge is 0.409 e. The number of nitro benzene ring substituents is 2. The number of sulfonamides is 1. The highest BCUT2D eigenvalue weighted by Gasteiger charge is 2.20. The number of hydrogen-bond acceptors (Lipinski definition) is 8. The highest BCUT2D eigenvalue weighted by molar-refractivity contribution is 7.90. The molecule has 2 aromatic rings. The Kier molecular flexibility index (Phi) is 4.93. The third-order valence-electron chi connectivity index (χ3n) is 2.81. The fraction of sp³-hybridized carbons (Fsp3) is 0. The standard InChI is InChI=1S/C13H9N3O8S/c17-13(24-11-3-1-2-10(8-11)16(20)21)14-25(22,23)12-6-4-9(5-7-12)15(18)19/h1-8H,(H,14,17). The van der Waals surface area contributed by atoms with E-state index in [-0.39, 0.29) is 17.1 Å². The zero-order valence-corrected chi connectivity index (χ0v) is 13.0. The first-order chi connectivity index (χ1) is 11.7. The van der Waals surface area contributed by atoms with Gasteiger partial charge in [0.2, 0.25) is 0 Å². The molecule has 1 amide bonds. The van der Waals surface area contributed by atoms with Gasteiger partial charge < -0.3 is 4.74 Å². The molecule has 12 heteroatoms. The average Bonchev–Trinajstić information content (AvgIpc) is 2.54. The van der Waals surface area contributed by atoms with Gasteiger partial charge in [0.25, 0.3) is 21.4 Å². The van der Waals surface area contributed by atoms with E-state index in [0.717, 1.165) is 30.3 Å².